The molecule has 0 atom stereocenters. The average molecular weight is 184 g/mol. The fraction of sp³-hybridized carbons (Fsp3) is 0.250. The predicted octanol–water partition coefficient (Wildman–Crippen LogP) is 0.0137. The molecule has 0 aromatic carbocycles. The van der Waals surface area contributed by atoms with Gasteiger partial charge in [-0.1, -0.05) is 0 Å². The second kappa shape index (κ2) is 3.95. The second-order valence-corrected chi connectivity index (χ2v) is 2.62. The predicted molar refractivity (Wildman–Crippen MR) is 43.9 cm³/mol. The Morgan fingerprint density at radius 2 is 2.38 bits per heavy atom. The maximum atomic E-state index is 12.9. The van der Waals surface area contributed by atoms with Crippen molar-refractivity contribution in [3.8, 4) is 0 Å². The Balaban J connectivity index is 2.83. The number of halogens is 1. The van der Waals surface area contributed by atoms with Crippen molar-refractivity contribution in [1.82, 2.24) is 0 Å². The monoisotopic (exact) mass is 184 g/mol. The Morgan fingerprint density at radius 3 is 2.92 bits per heavy atom. The van der Waals surface area contributed by atoms with Crippen LogP contribution in [0.2, 0.25) is 0 Å². The maximum absolute atomic E-state index is 12.9. The quantitative estimate of drug-likeness (QED) is 0.394. The summed E-state index contributed by atoms with van der Waals surface area (Å²) in [4.78, 5) is 0. The molecule has 0 saturated heterocycles. The summed E-state index contributed by atoms with van der Waals surface area (Å²) in [7, 11) is 0. The van der Waals surface area contributed by atoms with Crippen LogP contribution in [-0.4, -0.2) is 17.4 Å². The number of nitrogens with zero attached hydrogens (tertiary/aromatic N) is 1. The molecular formula is C8H9FN2O2. The lowest BCUT2D eigenvalue weighted by atomic mass is 10.1. The zero-order chi connectivity index (χ0) is 9.84. The maximum Gasteiger partial charge on any atom is 0.216 e. The van der Waals surface area contributed by atoms with Gasteiger partial charge < -0.3 is 15.7 Å². The van der Waals surface area contributed by atoms with Crippen LogP contribution >= 0.6 is 0 Å². The third-order valence-electron chi connectivity index (χ3n) is 1.56. The molecule has 0 saturated carbocycles. The van der Waals surface area contributed by atoms with Crippen LogP contribution < -0.4 is 4.73 Å². The highest BCUT2D eigenvalue weighted by atomic mass is 19.1. The Morgan fingerprint density at radius 1 is 1.69 bits per heavy atom. The number of nitrogens with one attached hydrogen (secondary N) is 1. The topological polar surface area (TPSA) is 71.0 Å². The van der Waals surface area contributed by atoms with Crippen molar-refractivity contribution >= 4 is 5.71 Å². The van der Waals surface area contributed by atoms with Crippen LogP contribution in [0.1, 0.15) is 5.56 Å². The molecular weight excluding hydrogens is 175 g/mol. The van der Waals surface area contributed by atoms with Gasteiger partial charge in [-0.25, -0.2) is 4.39 Å². The van der Waals surface area contributed by atoms with E-state index in [1.807, 2.05) is 0 Å². The summed E-state index contributed by atoms with van der Waals surface area (Å²) in [6.45, 7) is -0.397. The first-order chi connectivity index (χ1) is 6.13. The van der Waals surface area contributed by atoms with E-state index in [0.717, 1.165) is 12.4 Å². The first-order valence-corrected chi connectivity index (χ1v) is 3.68. The van der Waals surface area contributed by atoms with Gasteiger partial charge in [0.2, 0.25) is 6.20 Å². The van der Waals surface area contributed by atoms with Gasteiger partial charge in [-0.2, -0.15) is 4.73 Å². The standard InChI is InChI=1S/C8H9FN2O2/c9-8-4-11(13)2-1-6(8)3-7(10)5-12/h1-2,4,10,12H,3,5H2. The zero-order valence-electron chi connectivity index (χ0n) is 6.83. The summed E-state index contributed by atoms with van der Waals surface area (Å²) < 4.78 is 13.3. The molecule has 13 heavy (non-hydrogen) atoms. The molecule has 0 fully saturated rings. The molecule has 1 aromatic rings. The van der Waals surface area contributed by atoms with Crippen LogP contribution in [0, 0.1) is 16.4 Å². The van der Waals surface area contributed by atoms with Crippen LogP contribution in [0.4, 0.5) is 4.39 Å². The zero-order valence-corrected chi connectivity index (χ0v) is 6.83. The van der Waals surface area contributed by atoms with Gasteiger partial charge >= 0.3 is 0 Å². The number of aliphatic hydroxyl groups is 1. The first kappa shape index (κ1) is 9.60. The number of aliphatic hydroxyl groups excluding tert-OH is 1. The minimum absolute atomic E-state index is 0.0162. The van der Waals surface area contributed by atoms with Crippen molar-refractivity contribution in [2.24, 2.45) is 0 Å². The molecule has 0 aliphatic carbocycles. The largest absolute Gasteiger partial charge is 0.619 e. The van der Waals surface area contributed by atoms with Gasteiger partial charge in [-0.15, -0.1) is 0 Å². The Labute approximate surface area is 74.3 Å². The van der Waals surface area contributed by atoms with Crippen molar-refractivity contribution in [2.75, 3.05) is 6.61 Å². The summed E-state index contributed by atoms with van der Waals surface area (Å²) >= 11 is 0. The molecule has 0 spiro atoms. The number of rotatable bonds is 3. The van der Waals surface area contributed by atoms with Gasteiger partial charge in [0.15, 0.2) is 12.0 Å². The van der Waals surface area contributed by atoms with E-state index < -0.39 is 12.4 Å². The number of hydrogen-bond acceptors (Lipinski definition) is 3. The van der Waals surface area contributed by atoms with E-state index in [-0.39, 0.29) is 17.7 Å². The fourth-order valence-electron chi connectivity index (χ4n) is 0.910. The van der Waals surface area contributed by atoms with Gasteiger partial charge in [0.25, 0.3) is 0 Å². The van der Waals surface area contributed by atoms with E-state index in [1.54, 1.807) is 0 Å². The second-order valence-electron chi connectivity index (χ2n) is 2.62. The lowest BCUT2D eigenvalue weighted by Gasteiger charge is -2.02. The molecule has 0 bridgehead atoms. The SMILES string of the molecule is N=C(CO)Cc1cc[n+]([O-])cc1F. The fourth-order valence-corrected chi connectivity index (χ4v) is 0.910. The Hall–Kier alpha value is -1.49. The Kier molecular flexibility index (Phi) is 2.92. The Bertz CT molecular complexity index is 328. The minimum atomic E-state index is -0.657. The van der Waals surface area contributed by atoms with Crippen molar-refractivity contribution in [3.05, 3.63) is 35.0 Å². The van der Waals surface area contributed by atoms with E-state index in [4.69, 9.17) is 10.5 Å². The van der Waals surface area contributed by atoms with Gasteiger partial charge in [0.1, 0.15) is 0 Å². The number of aromatic nitrogens is 1. The minimum Gasteiger partial charge on any atom is -0.619 e. The summed E-state index contributed by atoms with van der Waals surface area (Å²) in [5, 5.41) is 26.2. The molecule has 0 unspecified atom stereocenters. The molecule has 0 amide bonds. The van der Waals surface area contributed by atoms with Crippen LogP contribution in [0.15, 0.2) is 18.5 Å². The third kappa shape index (κ3) is 2.48. The molecule has 70 valence electrons. The first-order valence-electron chi connectivity index (χ1n) is 3.68. The molecule has 4 nitrogen and oxygen atoms in total. The summed E-state index contributed by atoms with van der Waals surface area (Å²) in [5.74, 6) is -0.657. The molecule has 0 aliphatic heterocycles. The third-order valence-corrected chi connectivity index (χ3v) is 1.56. The van der Waals surface area contributed by atoms with Crippen molar-refractivity contribution in [3.63, 3.8) is 0 Å². The number of hydrogen-bond donors (Lipinski definition) is 2. The molecule has 1 aromatic heterocycles. The smallest absolute Gasteiger partial charge is 0.216 e. The summed E-state index contributed by atoms with van der Waals surface area (Å²) in [6, 6.07) is 1.30. The van der Waals surface area contributed by atoms with Gasteiger partial charge in [0.05, 0.1) is 6.61 Å². The summed E-state index contributed by atoms with van der Waals surface area (Å²) in [5.41, 5.74) is 0.258. The van der Waals surface area contributed by atoms with Gasteiger partial charge in [-0.3, -0.25) is 0 Å². The highest BCUT2D eigenvalue weighted by molar-refractivity contribution is 5.84. The molecule has 1 rings (SSSR count). The van der Waals surface area contributed by atoms with Crippen LogP contribution in [0.5, 0.6) is 0 Å². The van der Waals surface area contributed by atoms with E-state index in [0.29, 0.717) is 4.73 Å². The van der Waals surface area contributed by atoms with E-state index in [2.05, 4.69) is 0 Å². The normalized spacial score (nSPS) is 10.0. The van der Waals surface area contributed by atoms with E-state index in [9.17, 15) is 9.60 Å². The lowest BCUT2D eigenvalue weighted by molar-refractivity contribution is -0.607. The van der Waals surface area contributed by atoms with Crippen molar-refractivity contribution in [1.29, 1.82) is 5.41 Å². The van der Waals surface area contributed by atoms with Crippen molar-refractivity contribution < 1.29 is 14.2 Å². The highest BCUT2D eigenvalue weighted by Crippen LogP contribution is 2.04. The molecule has 1 heterocycles. The van der Waals surface area contributed by atoms with Gasteiger partial charge in [0, 0.05) is 23.8 Å². The lowest BCUT2D eigenvalue weighted by Crippen LogP contribution is -2.26. The van der Waals surface area contributed by atoms with E-state index >= 15 is 0 Å². The number of pyridine rings is 1. The summed E-state index contributed by atoms with van der Waals surface area (Å²) in [6.07, 6.45) is 1.98. The average Bonchev–Trinajstić information content (AvgIpc) is 2.09. The molecule has 2 N–H and O–H groups in total. The molecule has 0 radical (unpaired) electrons. The van der Waals surface area contributed by atoms with E-state index in [1.165, 1.54) is 6.07 Å². The van der Waals surface area contributed by atoms with Crippen molar-refractivity contribution in [2.45, 2.75) is 6.42 Å². The highest BCUT2D eigenvalue weighted by Gasteiger charge is 2.07. The van der Waals surface area contributed by atoms with Crippen LogP contribution in [0.3, 0.4) is 0 Å². The molecule has 0 aliphatic rings. The van der Waals surface area contributed by atoms with Crippen LogP contribution in [0.25, 0.3) is 0 Å². The van der Waals surface area contributed by atoms with Crippen LogP contribution in [-0.2, 0) is 6.42 Å². The van der Waals surface area contributed by atoms with Gasteiger partial charge in [-0.05, 0) is 0 Å². The molecule has 5 heteroatoms.